The monoisotopic (exact) mass is 316 g/mol. The molecule has 0 bridgehead atoms. The molecule has 1 aliphatic carbocycles. The summed E-state index contributed by atoms with van der Waals surface area (Å²) in [5.74, 6) is 1.36. The van der Waals surface area contributed by atoms with Crippen molar-refractivity contribution < 1.29 is 0 Å². The van der Waals surface area contributed by atoms with Gasteiger partial charge in [-0.3, -0.25) is 9.89 Å². The van der Waals surface area contributed by atoms with E-state index in [-0.39, 0.29) is 0 Å². The van der Waals surface area contributed by atoms with Crippen LogP contribution in [0.2, 0.25) is 0 Å². The van der Waals surface area contributed by atoms with E-state index in [1.54, 1.807) is 0 Å². The van der Waals surface area contributed by atoms with Gasteiger partial charge in [-0.2, -0.15) is 0 Å². The third-order valence-electron chi connectivity index (χ3n) is 4.61. The van der Waals surface area contributed by atoms with Gasteiger partial charge in [-0.25, -0.2) is 0 Å². The molecule has 2 N–H and O–H groups in total. The first kappa shape index (κ1) is 17.8. The van der Waals surface area contributed by atoms with Gasteiger partial charge in [-0.1, -0.05) is 43.7 Å². The fourth-order valence-electron chi connectivity index (χ4n) is 2.84. The Morgan fingerprint density at radius 2 is 1.96 bits per heavy atom. The van der Waals surface area contributed by atoms with Crippen molar-refractivity contribution in [3.63, 3.8) is 0 Å². The van der Waals surface area contributed by atoms with Crippen LogP contribution >= 0.6 is 0 Å². The summed E-state index contributed by atoms with van der Waals surface area (Å²) in [5.41, 5.74) is 2.67. The zero-order chi connectivity index (χ0) is 16.7. The van der Waals surface area contributed by atoms with Crippen LogP contribution < -0.4 is 10.6 Å². The van der Waals surface area contributed by atoms with Crippen molar-refractivity contribution in [1.82, 2.24) is 15.5 Å². The molecule has 4 nitrogen and oxygen atoms in total. The van der Waals surface area contributed by atoms with Crippen molar-refractivity contribution in [2.75, 3.05) is 33.2 Å². The molecule has 128 valence electrons. The second kappa shape index (κ2) is 8.92. The third kappa shape index (κ3) is 5.87. The highest BCUT2D eigenvalue weighted by Crippen LogP contribution is 2.25. The van der Waals surface area contributed by atoms with Gasteiger partial charge >= 0.3 is 0 Å². The first-order valence-corrected chi connectivity index (χ1v) is 8.89. The molecule has 0 aromatic heterocycles. The van der Waals surface area contributed by atoms with Crippen LogP contribution in [0.5, 0.6) is 0 Å². The molecule has 0 saturated heterocycles. The molecule has 1 unspecified atom stereocenters. The van der Waals surface area contributed by atoms with Crippen molar-refractivity contribution in [3.8, 4) is 0 Å². The molecule has 1 saturated carbocycles. The SMILES string of the molecule is CCN(CCNC(=NC)NCC(C)c1ccc(C)cc1)C1CC1. The maximum absolute atomic E-state index is 4.33. The number of nitrogens with one attached hydrogen (secondary N) is 2. The van der Waals surface area contributed by atoms with Crippen LogP contribution in [0.3, 0.4) is 0 Å². The molecule has 0 radical (unpaired) electrons. The number of likely N-dealkylation sites (N-methyl/N-ethyl adjacent to an activating group) is 1. The predicted molar refractivity (Wildman–Crippen MR) is 99.2 cm³/mol. The van der Waals surface area contributed by atoms with Gasteiger partial charge in [0.15, 0.2) is 5.96 Å². The number of benzene rings is 1. The Balaban J connectivity index is 1.70. The molecular weight excluding hydrogens is 284 g/mol. The van der Waals surface area contributed by atoms with Gasteiger partial charge in [0.2, 0.25) is 0 Å². The predicted octanol–water partition coefficient (Wildman–Crippen LogP) is 2.75. The van der Waals surface area contributed by atoms with E-state index >= 15 is 0 Å². The van der Waals surface area contributed by atoms with Gasteiger partial charge in [0.1, 0.15) is 0 Å². The lowest BCUT2D eigenvalue weighted by atomic mass is 10.0. The normalized spacial score (nSPS) is 16.5. The molecule has 23 heavy (non-hydrogen) atoms. The summed E-state index contributed by atoms with van der Waals surface area (Å²) in [4.78, 5) is 6.88. The number of aryl methyl sites for hydroxylation is 1. The van der Waals surface area contributed by atoms with E-state index in [9.17, 15) is 0 Å². The lowest BCUT2D eigenvalue weighted by Crippen LogP contribution is -2.43. The molecule has 1 aromatic rings. The van der Waals surface area contributed by atoms with E-state index in [2.05, 4.69) is 65.6 Å². The number of rotatable bonds is 8. The van der Waals surface area contributed by atoms with Gasteiger partial charge in [0.25, 0.3) is 0 Å². The zero-order valence-electron chi connectivity index (χ0n) is 15.1. The summed E-state index contributed by atoms with van der Waals surface area (Å²) in [7, 11) is 1.84. The molecule has 0 aliphatic heterocycles. The van der Waals surface area contributed by atoms with E-state index in [0.29, 0.717) is 5.92 Å². The first-order valence-electron chi connectivity index (χ1n) is 8.89. The summed E-state index contributed by atoms with van der Waals surface area (Å²) >= 11 is 0. The van der Waals surface area contributed by atoms with Crippen LogP contribution in [0.4, 0.5) is 0 Å². The average Bonchev–Trinajstić information content (AvgIpc) is 3.39. The number of hydrogen-bond acceptors (Lipinski definition) is 2. The average molecular weight is 316 g/mol. The summed E-state index contributed by atoms with van der Waals surface area (Å²) in [5, 5.41) is 6.87. The van der Waals surface area contributed by atoms with Crippen molar-refractivity contribution in [2.45, 2.75) is 45.6 Å². The van der Waals surface area contributed by atoms with E-state index < -0.39 is 0 Å². The molecule has 1 aliphatic rings. The standard InChI is InChI=1S/C19H32N4/c1-5-23(18-10-11-18)13-12-21-19(20-4)22-14-16(3)17-8-6-15(2)7-9-17/h6-9,16,18H,5,10-14H2,1-4H3,(H2,20,21,22). The lowest BCUT2D eigenvalue weighted by Gasteiger charge is -2.21. The second-order valence-electron chi connectivity index (χ2n) is 6.55. The van der Waals surface area contributed by atoms with Crippen LogP contribution in [0.15, 0.2) is 29.3 Å². The largest absolute Gasteiger partial charge is 0.356 e. The number of aliphatic imine (C=N–C) groups is 1. The molecule has 0 amide bonds. The highest BCUT2D eigenvalue weighted by molar-refractivity contribution is 5.79. The van der Waals surface area contributed by atoms with Gasteiger partial charge in [-0.15, -0.1) is 0 Å². The van der Waals surface area contributed by atoms with E-state index in [0.717, 1.165) is 38.2 Å². The quantitative estimate of drug-likeness (QED) is 0.572. The smallest absolute Gasteiger partial charge is 0.191 e. The molecule has 2 rings (SSSR count). The van der Waals surface area contributed by atoms with Gasteiger partial charge in [-0.05, 0) is 37.8 Å². The van der Waals surface area contributed by atoms with Gasteiger partial charge in [0, 0.05) is 32.7 Å². The number of guanidine groups is 1. The maximum atomic E-state index is 4.33. The fraction of sp³-hybridized carbons (Fsp3) is 0.632. The van der Waals surface area contributed by atoms with E-state index in [1.807, 2.05) is 7.05 Å². The Morgan fingerprint density at radius 3 is 2.52 bits per heavy atom. The summed E-state index contributed by atoms with van der Waals surface area (Å²) in [6, 6.07) is 9.62. The first-order chi connectivity index (χ1) is 11.1. The highest BCUT2D eigenvalue weighted by Gasteiger charge is 2.27. The summed E-state index contributed by atoms with van der Waals surface area (Å²) in [6.07, 6.45) is 2.74. The summed E-state index contributed by atoms with van der Waals surface area (Å²) < 4.78 is 0. The van der Waals surface area contributed by atoms with Crippen molar-refractivity contribution in [1.29, 1.82) is 0 Å². The van der Waals surface area contributed by atoms with E-state index in [1.165, 1.54) is 24.0 Å². The van der Waals surface area contributed by atoms with Gasteiger partial charge < -0.3 is 10.6 Å². The third-order valence-corrected chi connectivity index (χ3v) is 4.61. The van der Waals surface area contributed by atoms with Crippen molar-refractivity contribution in [2.24, 2.45) is 4.99 Å². The molecule has 1 atom stereocenters. The molecule has 4 heteroatoms. The Kier molecular flexibility index (Phi) is 6.90. The van der Waals surface area contributed by atoms with Crippen LogP contribution in [0.25, 0.3) is 0 Å². The molecule has 0 heterocycles. The second-order valence-corrected chi connectivity index (χ2v) is 6.55. The van der Waals surface area contributed by atoms with Crippen LogP contribution in [0.1, 0.15) is 43.7 Å². The molecule has 0 spiro atoms. The minimum atomic E-state index is 0.466. The molecule has 1 fully saturated rings. The van der Waals surface area contributed by atoms with E-state index in [4.69, 9.17) is 0 Å². The fourth-order valence-corrected chi connectivity index (χ4v) is 2.84. The highest BCUT2D eigenvalue weighted by atomic mass is 15.2. The molecule has 1 aromatic carbocycles. The Hall–Kier alpha value is -1.55. The minimum Gasteiger partial charge on any atom is -0.356 e. The molecular formula is C19H32N4. The van der Waals surface area contributed by atoms with Crippen LogP contribution in [0, 0.1) is 6.92 Å². The Bertz CT molecular complexity index is 491. The lowest BCUT2D eigenvalue weighted by molar-refractivity contribution is 0.282. The number of hydrogen-bond donors (Lipinski definition) is 2. The topological polar surface area (TPSA) is 39.7 Å². The maximum Gasteiger partial charge on any atom is 0.191 e. The zero-order valence-corrected chi connectivity index (χ0v) is 15.1. The number of nitrogens with zero attached hydrogens (tertiary/aromatic N) is 2. The van der Waals surface area contributed by atoms with Crippen LogP contribution in [-0.2, 0) is 0 Å². The van der Waals surface area contributed by atoms with Crippen molar-refractivity contribution >= 4 is 5.96 Å². The Labute approximate surface area is 141 Å². The Morgan fingerprint density at radius 1 is 1.26 bits per heavy atom. The summed E-state index contributed by atoms with van der Waals surface area (Å²) in [6.45, 7) is 10.7. The van der Waals surface area contributed by atoms with Crippen molar-refractivity contribution in [3.05, 3.63) is 35.4 Å². The minimum absolute atomic E-state index is 0.466. The van der Waals surface area contributed by atoms with Crippen LogP contribution in [-0.4, -0.2) is 50.1 Å². The van der Waals surface area contributed by atoms with Gasteiger partial charge in [0.05, 0.1) is 0 Å².